The number of carbonyl (C=O) groups excluding carboxylic acids is 1. The first-order valence-corrected chi connectivity index (χ1v) is 16.5. The molecule has 0 bridgehead atoms. The first-order chi connectivity index (χ1) is 16.9. The second kappa shape index (κ2) is 10.6. The molecule has 5 nitrogen and oxygen atoms in total. The van der Waals surface area contributed by atoms with Crippen molar-refractivity contribution in [1.29, 1.82) is 0 Å². The summed E-state index contributed by atoms with van der Waals surface area (Å²) in [6.45, 7) is 11.5. The third kappa shape index (κ3) is 6.14. The predicted octanol–water partition coefficient (Wildman–Crippen LogP) is 7.09. The van der Waals surface area contributed by atoms with Crippen LogP contribution in [0.4, 0.5) is 16.2 Å². The van der Waals surface area contributed by atoms with Gasteiger partial charge < -0.3 is 20.0 Å². The maximum atomic E-state index is 13.0. The Morgan fingerprint density at radius 1 is 1.03 bits per heavy atom. The van der Waals surface area contributed by atoms with Crippen LogP contribution in [0.5, 0.6) is 0 Å². The maximum Gasteiger partial charge on any atom is 0.319 e. The number of hydrogen-bond donors (Lipinski definition) is 2. The van der Waals surface area contributed by atoms with E-state index in [4.69, 9.17) is 4.43 Å². The number of anilines is 2. The van der Waals surface area contributed by atoms with Crippen molar-refractivity contribution in [3.05, 3.63) is 59.2 Å². The topological polar surface area (TPSA) is 53.6 Å². The summed E-state index contributed by atoms with van der Waals surface area (Å²) in [5.41, 5.74) is 6.10. The molecule has 0 saturated heterocycles. The SMILES string of the molecule is CN(C)c1ccc([C@H]2CCC(NC(=O)Nc3cccc4c3CC(O[Si](C)(C)C(C)(C)C)CC4)C2)cc1. The van der Waals surface area contributed by atoms with Gasteiger partial charge in [-0.2, -0.15) is 0 Å². The molecule has 0 heterocycles. The van der Waals surface area contributed by atoms with Crippen molar-refractivity contribution in [3.63, 3.8) is 0 Å². The molecule has 2 aromatic carbocycles. The van der Waals surface area contributed by atoms with Crippen LogP contribution in [0.2, 0.25) is 18.1 Å². The van der Waals surface area contributed by atoms with E-state index < -0.39 is 8.32 Å². The lowest BCUT2D eigenvalue weighted by Crippen LogP contribution is -2.45. The minimum atomic E-state index is -1.83. The van der Waals surface area contributed by atoms with E-state index in [9.17, 15) is 4.79 Å². The third-order valence-electron chi connectivity index (χ3n) is 8.60. The highest BCUT2D eigenvalue weighted by molar-refractivity contribution is 6.74. The molecule has 0 spiro atoms. The summed E-state index contributed by atoms with van der Waals surface area (Å²) < 4.78 is 6.75. The third-order valence-corrected chi connectivity index (χ3v) is 13.1. The number of nitrogens with zero attached hydrogens (tertiary/aromatic N) is 1. The number of aryl methyl sites for hydroxylation is 1. The van der Waals surface area contributed by atoms with Crippen molar-refractivity contribution in [2.45, 2.75) is 95.5 Å². The van der Waals surface area contributed by atoms with Crippen LogP contribution in [0.25, 0.3) is 0 Å². The van der Waals surface area contributed by atoms with E-state index in [1.807, 2.05) is 6.07 Å². The molecule has 1 saturated carbocycles. The molecule has 36 heavy (non-hydrogen) atoms. The summed E-state index contributed by atoms with van der Waals surface area (Å²) in [4.78, 5) is 15.1. The molecular weight excluding hydrogens is 462 g/mol. The Kier molecular flexibility index (Phi) is 7.86. The van der Waals surface area contributed by atoms with Crippen molar-refractivity contribution in [3.8, 4) is 0 Å². The standard InChI is InChI=1S/C30H45N3O2Si/c1-30(2,3)36(6,7)35-26-18-14-22-9-8-10-28(27(22)20-26)32-29(34)31-24-15-11-23(19-24)21-12-16-25(17-13-21)33(4)5/h8-10,12-13,16-17,23-24,26H,11,14-15,18-20H2,1-7H3,(H2,31,32,34)/t23-,24?,26?/m0/s1. The minimum Gasteiger partial charge on any atom is -0.414 e. The van der Waals surface area contributed by atoms with Gasteiger partial charge in [0.05, 0.1) is 0 Å². The van der Waals surface area contributed by atoms with E-state index in [-0.39, 0.29) is 23.2 Å². The fourth-order valence-corrected chi connectivity index (χ4v) is 6.76. The number of urea groups is 1. The Bertz CT molecular complexity index is 1060. The lowest BCUT2D eigenvalue weighted by molar-refractivity contribution is 0.165. The van der Waals surface area contributed by atoms with Crippen LogP contribution in [0.1, 0.15) is 69.1 Å². The first-order valence-electron chi connectivity index (χ1n) is 13.6. The molecule has 1 fully saturated rings. The zero-order valence-electron chi connectivity index (χ0n) is 23.3. The molecule has 2 aliphatic carbocycles. The van der Waals surface area contributed by atoms with Crippen molar-refractivity contribution >= 4 is 25.7 Å². The van der Waals surface area contributed by atoms with E-state index in [1.165, 1.54) is 22.4 Å². The van der Waals surface area contributed by atoms with Crippen molar-refractivity contribution in [2.24, 2.45) is 0 Å². The smallest absolute Gasteiger partial charge is 0.319 e. The zero-order valence-corrected chi connectivity index (χ0v) is 24.3. The Labute approximate surface area is 219 Å². The largest absolute Gasteiger partial charge is 0.414 e. The van der Waals surface area contributed by atoms with Crippen LogP contribution < -0.4 is 15.5 Å². The Morgan fingerprint density at radius 3 is 2.42 bits per heavy atom. The van der Waals surface area contributed by atoms with Gasteiger partial charge in [-0.05, 0) is 97.5 Å². The summed E-state index contributed by atoms with van der Waals surface area (Å²) in [7, 11) is 2.29. The molecule has 0 radical (unpaired) electrons. The van der Waals surface area contributed by atoms with Gasteiger partial charge in [0.25, 0.3) is 0 Å². The number of fused-ring (bicyclic) bond motifs is 1. The van der Waals surface area contributed by atoms with Gasteiger partial charge >= 0.3 is 6.03 Å². The Hall–Kier alpha value is -2.31. The number of amides is 2. The normalized spacial score (nSPS) is 22.1. The summed E-state index contributed by atoms with van der Waals surface area (Å²) in [5, 5.41) is 6.63. The van der Waals surface area contributed by atoms with Gasteiger partial charge in [0.2, 0.25) is 0 Å². The zero-order chi connectivity index (χ0) is 26.1. The second-order valence-corrected chi connectivity index (χ2v) is 17.2. The van der Waals surface area contributed by atoms with E-state index in [2.05, 4.69) is 99.9 Å². The molecule has 2 aromatic rings. The van der Waals surface area contributed by atoms with Gasteiger partial charge in [0.15, 0.2) is 8.32 Å². The summed E-state index contributed by atoms with van der Waals surface area (Å²) >= 11 is 0. The molecule has 3 atom stereocenters. The van der Waals surface area contributed by atoms with Crippen LogP contribution in [-0.4, -0.2) is 40.6 Å². The van der Waals surface area contributed by atoms with Crippen LogP contribution in [0.3, 0.4) is 0 Å². The van der Waals surface area contributed by atoms with Crippen molar-refractivity contribution in [2.75, 3.05) is 24.3 Å². The van der Waals surface area contributed by atoms with Gasteiger partial charge in [-0.1, -0.05) is 45.0 Å². The molecule has 2 amide bonds. The summed E-state index contributed by atoms with van der Waals surface area (Å²) in [5.74, 6) is 0.504. The maximum absolute atomic E-state index is 13.0. The van der Waals surface area contributed by atoms with E-state index in [1.54, 1.807) is 0 Å². The van der Waals surface area contributed by atoms with Gasteiger partial charge in [-0.3, -0.25) is 0 Å². The highest BCUT2D eigenvalue weighted by atomic mass is 28.4. The number of carbonyl (C=O) groups is 1. The lowest BCUT2D eigenvalue weighted by Gasteiger charge is -2.40. The van der Waals surface area contributed by atoms with Crippen LogP contribution in [0, 0.1) is 0 Å². The van der Waals surface area contributed by atoms with Crippen LogP contribution in [0.15, 0.2) is 42.5 Å². The second-order valence-electron chi connectivity index (χ2n) is 12.5. The van der Waals surface area contributed by atoms with Crippen LogP contribution >= 0.6 is 0 Å². The monoisotopic (exact) mass is 507 g/mol. The van der Waals surface area contributed by atoms with Crippen LogP contribution in [-0.2, 0) is 17.3 Å². The molecule has 0 aliphatic heterocycles. The van der Waals surface area contributed by atoms with Gasteiger partial charge in [0.1, 0.15) is 0 Å². The average molecular weight is 508 g/mol. The molecule has 2 unspecified atom stereocenters. The quantitative estimate of drug-likeness (QED) is 0.410. The van der Waals surface area contributed by atoms with E-state index in [0.717, 1.165) is 44.2 Å². The summed E-state index contributed by atoms with van der Waals surface area (Å²) in [6, 6.07) is 15.3. The van der Waals surface area contributed by atoms with Crippen molar-refractivity contribution in [1.82, 2.24) is 5.32 Å². The fraction of sp³-hybridized carbons (Fsp3) is 0.567. The average Bonchev–Trinajstić information content (AvgIpc) is 3.27. The Morgan fingerprint density at radius 2 is 1.75 bits per heavy atom. The number of hydrogen-bond acceptors (Lipinski definition) is 3. The van der Waals surface area contributed by atoms with Gasteiger partial charge in [0, 0.05) is 37.6 Å². The van der Waals surface area contributed by atoms with Gasteiger partial charge in [-0.15, -0.1) is 0 Å². The molecular formula is C30H45N3O2Si. The summed E-state index contributed by atoms with van der Waals surface area (Å²) in [6.07, 6.45) is 6.26. The highest BCUT2D eigenvalue weighted by Crippen LogP contribution is 2.40. The molecule has 0 aromatic heterocycles. The number of benzene rings is 2. The van der Waals surface area contributed by atoms with E-state index >= 15 is 0 Å². The van der Waals surface area contributed by atoms with Gasteiger partial charge in [-0.25, -0.2) is 4.79 Å². The first kappa shape index (κ1) is 26.7. The molecule has 6 heteroatoms. The minimum absolute atomic E-state index is 0.0931. The molecule has 4 rings (SSSR count). The van der Waals surface area contributed by atoms with E-state index in [0.29, 0.717) is 5.92 Å². The highest BCUT2D eigenvalue weighted by Gasteiger charge is 2.40. The molecule has 2 aliphatic rings. The molecule has 196 valence electrons. The molecule has 2 N–H and O–H groups in total. The van der Waals surface area contributed by atoms with Crippen molar-refractivity contribution < 1.29 is 9.22 Å². The number of rotatable bonds is 6. The number of nitrogens with one attached hydrogen (secondary N) is 2. The predicted molar refractivity (Wildman–Crippen MR) is 154 cm³/mol. The lowest BCUT2D eigenvalue weighted by atomic mass is 9.88. The Balaban J connectivity index is 1.35. The fourth-order valence-electron chi connectivity index (χ4n) is 5.37.